The smallest absolute Gasteiger partial charge is 0.422 e. The normalized spacial score (nSPS) is 15.0. The Balaban J connectivity index is 1.82. The lowest BCUT2D eigenvalue weighted by Gasteiger charge is -2.29. The lowest BCUT2D eigenvalue weighted by molar-refractivity contribution is -0.154. The fourth-order valence-corrected chi connectivity index (χ4v) is 4.34. The van der Waals surface area contributed by atoms with Gasteiger partial charge in [0.1, 0.15) is 5.82 Å². The molecule has 164 valence electrons. The standard InChI is InChI=1S/C16H15F5N4O3S2/c17-11-4-1-3-10(14(11)18)8-29-15-22-12(24-30(26,27)25-5-2-6-25)7-13(23-15)28-9-16(19,20)21/h1,3-4,7H,2,5-6,8-9H2,(H,22,23,24). The van der Waals surface area contributed by atoms with Crippen molar-refractivity contribution < 1.29 is 35.1 Å². The highest BCUT2D eigenvalue weighted by atomic mass is 32.2. The Labute approximate surface area is 172 Å². The molecule has 1 aromatic carbocycles. The number of ether oxygens (including phenoxy) is 1. The first kappa shape index (κ1) is 22.5. The molecule has 7 nitrogen and oxygen atoms in total. The van der Waals surface area contributed by atoms with Gasteiger partial charge < -0.3 is 4.74 Å². The van der Waals surface area contributed by atoms with Crippen LogP contribution in [0.15, 0.2) is 29.4 Å². The Morgan fingerprint density at radius 3 is 2.57 bits per heavy atom. The lowest BCUT2D eigenvalue weighted by Crippen LogP contribution is -2.45. The monoisotopic (exact) mass is 470 g/mol. The largest absolute Gasteiger partial charge is 0.468 e. The third-order valence-corrected chi connectivity index (χ3v) is 6.25. The van der Waals surface area contributed by atoms with Crippen LogP contribution in [-0.4, -0.2) is 48.6 Å². The zero-order chi connectivity index (χ0) is 21.9. The predicted molar refractivity (Wildman–Crippen MR) is 98.2 cm³/mol. The van der Waals surface area contributed by atoms with Crippen molar-refractivity contribution in [1.82, 2.24) is 14.3 Å². The van der Waals surface area contributed by atoms with E-state index in [9.17, 15) is 30.4 Å². The van der Waals surface area contributed by atoms with Crippen molar-refractivity contribution >= 4 is 27.8 Å². The number of rotatable bonds is 8. The first-order chi connectivity index (χ1) is 14.0. The van der Waals surface area contributed by atoms with E-state index in [1.54, 1.807) is 0 Å². The number of hydrogen-bond donors (Lipinski definition) is 1. The highest BCUT2D eigenvalue weighted by molar-refractivity contribution is 7.98. The number of nitrogens with zero attached hydrogens (tertiary/aromatic N) is 3. The van der Waals surface area contributed by atoms with Crippen LogP contribution in [0.3, 0.4) is 0 Å². The number of alkyl halides is 3. The summed E-state index contributed by atoms with van der Waals surface area (Å²) in [6, 6.07) is 4.47. The van der Waals surface area contributed by atoms with Crippen molar-refractivity contribution in [3.8, 4) is 5.88 Å². The molecule has 1 aromatic heterocycles. The summed E-state index contributed by atoms with van der Waals surface area (Å²) in [4.78, 5) is 7.71. The van der Waals surface area contributed by atoms with Gasteiger partial charge >= 0.3 is 16.4 Å². The van der Waals surface area contributed by atoms with Crippen LogP contribution < -0.4 is 9.46 Å². The molecule has 2 aromatic rings. The molecule has 0 radical (unpaired) electrons. The van der Waals surface area contributed by atoms with Crippen molar-refractivity contribution in [3.63, 3.8) is 0 Å². The van der Waals surface area contributed by atoms with Crippen molar-refractivity contribution in [2.45, 2.75) is 23.5 Å². The molecule has 1 fully saturated rings. The Kier molecular flexibility index (Phi) is 6.67. The summed E-state index contributed by atoms with van der Waals surface area (Å²) in [5.74, 6) is -3.11. The van der Waals surface area contributed by atoms with Crippen LogP contribution in [0.5, 0.6) is 5.88 Å². The molecule has 1 aliphatic rings. The van der Waals surface area contributed by atoms with Crippen LogP contribution in [-0.2, 0) is 16.0 Å². The molecule has 3 rings (SSSR count). The summed E-state index contributed by atoms with van der Waals surface area (Å²) < 4.78 is 96.8. The number of benzene rings is 1. The first-order valence-electron chi connectivity index (χ1n) is 8.46. The Bertz CT molecular complexity index is 1020. The fourth-order valence-electron chi connectivity index (χ4n) is 2.28. The molecule has 0 unspecified atom stereocenters. The Hall–Kier alpha value is -2.19. The van der Waals surface area contributed by atoms with Gasteiger partial charge in [-0.3, -0.25) is 4.72 Å². The van der Waals surface area contributed by atoms with Gasteiger partial charge in [-0.25, -0.2) is 13.8 Å². The summed E-state index contributed by atoms with van der Waals surface area (Å²) in [6.07, 6.45) is -3.95. The van der Waals surface area contributed by atoms with Gasteiger partial charge in [0.2, 0.25) is 5.88 Å². The van der Waals surface area contributed by atoms with E-state index in [1.807, 2.05) is 0 Å². The summed E-state index contributed by atoms with van der Waals surface area (Å²) in [5, 5.41) is -0.181. The van der Waals surface area contributed by atoms with Gasteiger partial charge in [-0.05, 0) is 12.5 Å². The maximum Gasteiger partial charge on any atom is 0.422 e. The van der Waals surface area contributed by atoms with Crippen LogP contribution in [0.2, 0.25) is 0 Å². The minimum absolute atomic E-state index is 0.0204. The minimum atomic E-state index is -4.64. The van der Waals surface area contributed by atoms with Crippen molar-refractivity contribution in [3.05, 3.63) is 41.5 Å². The SMILES string of the molecule is O=S(=O)(Nc1cc(OCC(F)(F)F)nc(SCc2cccc(F)c2F)n1)N1CCC1. The second-order valence-corrected chi connectivity index (χ2v) is 8.75. The molecule has 0 atom stereocenters. The van der Waals surface area contributed by atoms with Crippen LogP contribution in [0, 0.1) is 11.6 Å². The van der Waals surface area contributed by atoms with E-state index in [4.69, 9.17) is 0 Å². The number of halogens is 5. The molecule has 0 saturated carbocycles. The highest BCUT2D eigenvalue weighted by Crippen LogP contribution is 2.27. The van der Waals surface area contributed by atoms with Crippen molar-refractivity contribution in [1.29, 1.82) is 0 Å². The molecule has 1 saturated heterocycles. The zero-order valence-corrected chi connectivity index (χ0v) is 16.8. The molecule has 14 heteroatoms. The second kappa shape index (κ2) is 8.89. The van der Waals surface area contributed by atoms with Crippen LogP contribution in [0.25, 0.3) is 0 Å². The third kappa shape index (κ3) is 5.92. The second-order valence-electron chi connectivity index (χ2n) is 6.14. The van der Waals surface area contributed by atoms with Crippen LogP contribution >= 0.6 is 11.8 Å². The molecule has 0 aliphatic carbocycles. The van der Waals surface area contributed by atoms with E-state index in [0.29, 0.717) is 19.5 Å². The average Bonchev–Trinajstić information content (AvgIpc) is 2.58. The maximum atomic E-state index is 13.8. The zero-order valence-electron chi connectivity index (χ0n) is 15.1. The number of thioether (sulfide) groups is 1. The molecule has 2 heterocycles. The quantitative estimate of drug-likeness (QED) is 0.362. The first-order valence-corrected chi connectivity index (χ1v) is 10.9. The molecular weight excluding hydrogens is 455 g/mol. The summed E-state index contributed by atoms with van der Waals surface area (Å²) in [6.45, 7) is -1.04. The third-order valence-electron chi connectivity index (χ3n) is 3.84. The number of aromatic nitrogens is 2. The van der Waals surface area contributed by atoms with Gasteiger partial charge in [-0.2, -0.15) is 30.9 Å². The van der Waals surface area contributed by atoms with E-state index in [-0.39, 0.29) is 22.3 Å². The number of nitrogens with one attached hydrogen (secondary N) is 1. The topological polar surface area (TPSA) is 84.4 Å². The van der Waals surface area contributed by atoms with Crippen LogP contribution in [0.4, 0.5) is 27.8 Å². The summed E-state index contributed by atoms with van der Waals surface area (Å²) >= 11 is 0.774. The van der Waals surface area contributed by atoms with E-state index < -0.39 is 40.5 Å². The fraction of sp³-hybridized carbons (Fsp3) is 0.375. The Morgan fingerprint density at radius 2 is 1.93 bits per heavy atom. The summed E-state index contributed by atoms with van der Waals surface area (Å²) in [5.41, 5.74) is -0.0204. The number of hydrogen-bond acceptors (Lipinski definition) is 6. The molecular formula is C16H15F5N4O3S2. The van der Waals surface area contributed by atoms with E-state index in [1.165, 1.54) is 12.1 Å². The van der Waals surface area contributed by atoms with Gasteiger partial charge in [0.15, 0.2) is 23.4 Å². The molecule has 0 spiro atoms. The van der Waals surface area contributed by atoms with Gasteiger partial charge in [0, 0.05) is 30.5 Å². The molecule has 30 heavy (non-hydrogen) atoms. The van der Waals surface area contributed by atoms with Crippen molar-refractivity contribution in [2.24, 2.45) is 0 Å². The van der Waals surface area contributed by atoms with Gasteiger partial charge in [0.05, 0.1) is 0 Å². The van der Waals surface area contributed by atoms with Crippen LogP contribution in [0.1, 0.15) is 12.0 Å². The Morgan fingerprint density at radius 1 is 1.20 bits per heavy atom. The van der Waals surface area contributed by atoms with E-state index in [0.717, 1.165) is 28.2 Å². The van der Waals surface area contributed by atoms with Crippen molar-refractivity contribution in [2.75, 3.05) is 24.4 Å². The van der Waals surface area contributed by atoms with Gasteiger partial charge in [0.25, 0.3) is 0 Å². The maximum absolute atomic E-state index is 13.8. The summed E-state index contributed by atoms with van der Waals surface area (Å²) in [7, 11) is -3.94. The predicted octanol–water partition coefficient (Wildman–Crippen LogP) is 3.35. The molecule has 1 N–H and O–H groups in total. The highest BCUT2D eigenvalue weighted by Gasteiger charge is 2.30. The van der Waals surface area contributed by atoms with E-state index >= 15 is 0 Å². The molecule has 0 amide bonds. The van der Waals surface area contributed by atoms with Gasteiger partial charge in [-0.1, -0.05) is 23.9 Å². The minimum Gasteiger partial charge on any atom is -0.468 e. The molecule has 0 bridgehead atoms. The lowest BCUT2D eigenvalue weighted by atomic mass is 10.2. The van der Waals surface area contributed by atoms with E-state index in [2.05, 4.69) is 19.4 Å². The number of anilines is 1. The average molecular weight is 470 g/mol. The molecule has 1 aliphatic heterocycles. The van der Waals surface area contributed by atoms with Gasteiger partial charge in [-0.15, -0.1) is 0 Å².